The van der Waals surface area contributed by atoms with Gasteiger partial charge in [-0.3, -0.25) is 4.79 Å². The Morgan fingerprint density at radius 1 is 1.21 bits per heavy atom. The Kier molecular flexibility index (Phi) is 6.93. The van der Waals surface area contributed by atoms with Crippen LogP contribution in [-0.4, -0.2) is 23.7 Å². The zero-order chi connectivity index (χ0) is 14.3. The summed E-state index contributed by atoms with van der Waals surface area (Å²) in [7, 11) is 1.86. The molecule has 0 spiro atoms. The Bertz CT molecular complexity index is 386. The topological polar surface area (TPSA) is 20.3 Å². The van der Waals surface area contributed by atoms with E-state index < -0.39 is 0 Å². The van der Waals surface area contributed by atoms with Crippen LogP contribution in [0.5, 0.6) is 0 Å². The average Bonchev–Trinajstić information content (AvgIpc) is 2.39. The number of carbonyl (C=O) groups is 1. The monoisotopic (exact) mass is 281 g/mol. The van der Waals surface area contributed by atoms with Crippen molar-refractivity contribution < 1.29 is 4.79 Å². The Labute approximate surface area is 121 Å². The third-order valence-corrected chi connectivity index (χ3v) is 3.53. The van der Waals surface area contributed by atoms with E-state index in [1.807, 2.05) is 7.05 Å². The lowest BCUT2D eigenvalue weighted by Gasteiger charge is -2.17. The second-order valence-corrected chi connectivity index (χ2v) is 5.67. The SMILES string of the molecule is CC(C)c1ccc(CN(C)C(=O)CCCCCl)cc1. The van der Waals surface area contributed by atoms with Crippen molar-refractivity contribution in [3.8, 4) is 0 Å². The Balaban J connectivity index is 2.47. The summed E-state index contributed by atoms with van der Waals surface area (Å²) in [5, 5.41) is 0. The van der Waals surface area contributed by atoms with Gasteiger partial charge in [-0.15, -0.1) is 11.6 Å². The van der Waals surface area contributed by atoms with Gasteiger partial charge in [0.05, 0.1) is 0 Å². The first-order chi connectivity index (χ1) is 9.04. The number of rotatable bonds is 7. The van der Waals surface area contributed by atoms with E-state index in [9.17, 15) is 4.79 Å². The number of alkyl halides is 1. The molecule has 0 heterocycles. The summed E-state index contributed by atoms with van der Waals surface area (Å²) < 4.78 is 0. The normalized spacial score (nSPS) is 10.8. The molecule has 3 heteroatoms. The maximum Gasteiger partial charge on any atom is 0.222 e. The molecule has 19 heavy (non-hydrogen) atoms. The summed E-state index contributed by atoms with van der Waals surface area (Å²) in [4.78, 5) is 13.7. The maximum absolute atomic E-state index is 11.9. The van der Waals surface area contributed by atoms with Crippen molar-refractivity contribution in [1.82, 2.24) is 4.90 Å². The Hall–Kier alpha value is -1.02. The minimum absolute atomic E-state index is 0.193. The molecule has 0 N–H and O–H groups in total. The minimum Gasteiger partial charge on any atom is -0.341 e. The van der Waals surface area contributed by atoms with Crippen LogP contribution in [0, 0.1) is 0 Å². The van der Waals surface area contributed by atoms with Crippen molar-refractivity contribution in [2.45, 2.75) is 45.6 Å². The molecule has 0 aliphatic heterocycles. The fourth-order valence-corrected chi connectivity index (χ4v) is 2.12. The summed E-state index contributed by atoms with van der Waals surface area (Å²) in [5.74, 6) is 1.37. The van der Waals surface area contributed by atoms with E-state index in [2.05, 4.69) is 38.1 Å². The first-order valence-corrected chi connectivity index (χ1v) is 7.46. The van der Waals surface area contributed by atoms with Crippen molar-refractivity contribution in [3.63, 3.8) is 0 Å². The zero-order valence-electron chi connectivity index (χ0n) is 12.2. The van der Waals surface area contributed by atoms with Crippen LogP contribution >= 0.6 is 11.6 Å². The molecule has 0 unspecified atom stereocenters. The molecule has 0 radical (unpaired) electrons. The summed E-state index contributed by atoms with van der Waals surface area (Å²) in [5.41, 5.74) is 2.51. The number of benzene rings is 1. The van der Waals surface area contributed by atoms with Gasteiger partial charge in [-0.05, 0) is 29.9 Å². The summed E-state index contributed by atoms with van der Waals surface area (Å²) >= 11 is 5.61. The molecule has 0 aliphatic rings. The minimum atomic E-state index is 0.193. The molecule has 0 aromatic heterocycles. The number of amides is 1. The van der Waals surface area contributed by atoms with Crippen LogP contribution in [0.2, 0.25) is 0 Å². The Morgan fingerprint density at radius 2 is 1.84 bits per heavy atom. The molecular weight excluding hydrogens is 258 g/mol. The van der Waals surface area contributed by atoms with Crippen molar-refractivity contribution >= 4 is 17.5 Å². The number of nitrogens with zero attached hydrogens (tertiary/aromatic N) is 1. The molecular formula is C16H24ClNO. The van der Waals surface area contributed by atoms with Gasteiger partial charge in [-0.1, -0.05) is 38.1 Å². The van der Waals surface area contributed by atoms with Crippen LogP contribution in [0.15, 0.2) is 24.3 Å². The second-order valence-electron chi connectivity index (χ2n) is 5.29. The fourth-order valence-electron chi connectivity index (χ4n) is 1.93. The van der Waals surface area contributed by atoms with Crippen LogP contribution in [0.25, 0.3) is 0 Å². The molecule has 0 bridgehead atoms. The van der Waals surface area contributed by atoms with E-state index >= 15 is 0 Å². The van der Waals surface area contributed by atoms with E-state index in [0.717, 1.165) is 12.8 Å². The van der Waals surface area contributed by atoms with Gasteiger partial charge in [-0.2, -0.15) is 0 Å². The molecule has 106 valence electrons. The van der Waals surface area contributed by atoms with Gasteiger partial charge in [0.1, 0.15) is 0 Å². The first kappa shape index (κ1) is 16.0. The van der Waals surface area contributed by atoms with E-state index in [1.54, 1.807) is 4.90 Å². The lowest BCUT2D eigenvalue weighted by molar-refractivity contribution is -0.130. The standard InChI is InChI=1S/C16H24ClNO/c1-13(2)15-9-7-14(8-10-15)12-18(3)16(19)6-4-5-11-17/h7-10,13H,4-6,11-12H2,1-3H3. The number of halogens is 1. The second kappa shape index (κ2) is 8.21. The maximum atomic E-state index is 11.9. The highest BCUT2D eigenvalue weighted by molar-refractivity contribution is 6.17. The third-order valence-electron chi connectivity index (χ3n) is 3.27. The molecule has 0 atom stereocenters. The van der Waals surface area contributed by atoms with Gasteiger partial charge in [0, 0.05) is 25.9 Å². The number of hydrogen-bond donors (Lipinski definition) is 0. The van der Waals surface area contributed by atoms with Crippen LogP contribution in [0.4, 0.5) is 0 Å². The molecule has 0 fully saturated rings. The first-order valence-electron chi connectivity index (χ1n) is 6.93. The van der Waals surface area contributed by atoms with E-state index in [4.69, 9.17) is 11.6 Å². The summed E-state index contributed by atoms with van der Waals surface area (Å²) in [6.45, 7) is 5.04. The van der Waals surface area contributed by atoms with E-state index in [1.165, 1.54) is 11.1 Å². The van der Waals surface area contributed by atoms with Gasteiger partial charge in [0.15, 0.2) is 0 Å². The molecule has 2 nitrogen and oxygen atoms in total. The predicted molar refractivity (Wildman–Crippen MR) is 81.6 cm³/mol. The lowest BCUT2D eigenvalue weighted by Crippen LogP contribution is -2.25. The van der Waals surface area contributed by atoms with Gasteiger partial charge >= 0.3 is 0 Å². The van der Waals surface area contributed by atoms with E-state index in [0.29, 0.717) is 24.8 Å². The predicted octanol–water partition coefficient (Wildman–Crippen LogP) is 4.18. The lowest BCUT2D eigenvalue weighted by atomic mass is 10.0. The summed E-state index contributed by atoms with van der Waals surface area (Å²) in [6.07, 6.45) is 2.37. The highest BCUT2D eigenvalue weighted by Crippen LogP contribution is 2.15. The van der Waals surface area contributed by atoms with Gasteiger partial charge in [-0.25, -0.2) is 0 Å². The number of hydrogen-bond acceptors (Lipinski definition) is 1. The zero-order valence-corrected chi connectivity index (χ0v) is 12.9. The van der Waals surface area contributed by atoms with Gasteiger partial charge in [0.2, 0.25) is 5.91 Å². The fraction of sp³-hybridized carbons (Fsp3) is 0.562. The Morgan fingerprint density at radius 3 is 2.37 bits per heavy atom. The quantitative estimate of drug-likeness (QED) is 0.542. The molecule has 0 saturated heterocycles. The van der Waals surface area contributed by atoms with Crippen LogP contribution in [0.1, 0.15) is 50.2 Å². The van der Waals surface area contributed by atoms with Crippen molar-refractivity contribution in [1.29, 1.82) is 0 Å². The van der Waals surface area contributed by atoms with Crippen LogP contribution < -0.4 is 0 Å². The van der Waals surface area contributed by atoms with Gasteiger partial charge < -0.3 is 4.90 Å². The molecule has 1 aromatic carbocycles. The highest BCUT2D eigenvalue weighted by Gasteiger charge is 2.09. The molecule has 1 rings (SSSR count). The molecule has 1 amide bonds. The molecule has 0 saturated carbocycles. The van der Waals surface area contributed by atoms with Crippen molar-refractivity contribution in [3.05, 3.63) is 35.4 Å². The number of unbranched alkanes of at least 4 members (excludes halogenated alkanes) is 1. The smallest absolute Gasteiger partial charge is 0.222 e. The van der Waals surface area contributed by atoms with Crippen molar-refractivity contribution in [2.75, 3.05) is 12.9 Å². The van der Waals surface area contributed by atoms with Crippen molar-refractivity contribution in [2.24, 2.45) is 0 Å². The summed E-state index contributed by atoms with van der Waals surface area (Å²) in [6, 6.07) is 8.51. The van der Waals surface area contributed by atoms with Gasteiger partial charge in [0.25, 0.3) is 0 Å². The largest absolute Gasteiger partial charge is 0.341 e. The number of carbonyl (C=O) groups excluding carboxylic acids is 1. The van der Waals surface area contributed by atoms with E-state index in [-0.39, 0.29) is 5.91 Å². The van der Waals surface area contributed by atoms with Crippen LogP contribution in [-0.2, 0) is 11.3 Å². The van der Waals surface area contributed by atoms with Crippen LogP contribution in [0.3, 0.4) is 0 Å². The highest BCUT2D eigenvalue weighted by atomic mass is 35.5. The average molecular weight is 282 g/mol. The molecule has 1 aromatic rings. The third kappa shape index (κ3) is 5.65. The molecule has 0 aliphatic carbocycles.